The van der Waals surface area contributed by atoms with Gasteiger partial charge < -0.3 is 39.7 Å². The lowest BCUT2D eigenvalue weighted by Crippen LogP contribution is -2.44. The molecule has 3 unspecified atom stereocenters. The second-order valence-electron chi connectivity index (χ2n) is 20.8. The fraction of sp³-hybridized carbons (Fsp3) is 0.841. The van der Waals surface area contributed by atoms with Gasteiger partial charge in [0.25, 0.3) is 0 Å². The van der Waals surface area contributed by atoms with Gasteiger partial charge in [-0.15, -0.1) is 0 Å². The number of hydrogen-bond donors (Lipinski definition) is 5. The number of allylic oxidation sites excluding steroid dienone is 6. The van der Waals surface area contributed by atoms with E-state index < -0.39 is 43.4 Å². The van der Waals surface area contributed by atoms with Gasteiger partial charge in [0.15, 0.2) is 11.9 Å². The average molecular weight is 1070 g/mol. The highest BCUT2D eigenvalue weighted by molar-refractivity contribution is 5.84. The maximum atomic E-state index is 12.8. The standard InChI is InChI=1S/C57H104O6.C6H12O6/c1-4-7-10-13-16-19-22-25-28-31-34-37-40-43-46-49-55(58)61-52-54(63-57(60)51-48-45-42-39-36-33-30-27-24-21-18-15-12-9-6-3)53-62-56(59)50-47-44-41-38-35-32-29-26-23-20-17-14-11-8-5-2;7-1-3(9)5(11)6(12)4(10)2-8/h25-30,54H,4-24,31-53H2,1-3H3;3,5-9,11-12H,1-2H2/b28-25-,29-26-,30-27-;. The summed E-state index contributed by atoms with van der Waals surface area (Å²) >= 11 is 0. The second-order valence-corrected chi connectivity index (χ2v) is 20.8. The lowest BCUT2D eigenvalue weighted by atomic mass is 10.1. The Bertz CT molecular complexity index is 1290. The summed E-state index contributed by atoms with van der Waals surface area (Å²) < 4.78 is 16.8. The van der Waals surface area contributed by atoms with Crippen molar-refractivity contribution in [3.63, 3.8) is 0 Å². The summed E-state index contributed by atoms with van der Waals surface area (Å²) in [4.78, 5) is 48.6. The summed E-state index contributed by atoms with van der Waals surface area (Å²) in [5, 5.41) is 43.1. The number of ketones is 1. The minimum Gasteiger partial charge on any atom is -0.462 e. The van der Waals surface area contributed by atoms with Crippen molar-refractivity contribution in [2.75, 3.05) is 26.4 Å². The van der Waals surface area contributed by atoms with Gasteiger partial charge in [0.2, 0.25) is 0 Å². The van der Waals surface area contributed by atoms with Crippen LogP contribution in [0.15, 0.2) is 36.5 Å². The molecule has 0 saturated carbocycles. The van der Waals surface area contributed by atoms with E-state index in [1.165, 1.54) is 173 Å². The van der Waals surface area contributed by atoms with Gasteiger partial charge in [-0.3, -0.25) is 19.2 Å². The van der Waals surface area contributed by atoms with Gasteiger partial charge in [-0.25, -0.2) is 0 Å². The molecule has 0 heterocycles. The molecule has 12 nitrogen and oxygen atoms in total. The van der Waals surface area contributed by atoms with Crippen LogP contribution in [0.1, 0.15) is 290 Å². The second kappa shape index (κ2) is 60.3. The predicted octanol–water partition coefficient (Wildman–Crippen LogP) is 14.7. The molecule has 0 rings (SSSR count). The molecule has 0 aromatic rings. The van der Waals surface area contributed by atoms with Crippen LogP contribution in [0.4, 0.5) is 0 Å². The molecular formula is C63H116O12. The Morgan fingerprint density at radius 1 is 0.373 bits per heavy atom. The molecular weight excluding hydrogens is 949 g/mol. The highest BCUT2D eigenvalue weighted by Crippen LogP contribution is 2.15. The summed E-state index contributed by atoms with van der Waals surface area (Å²) in [6.45, 7) is 4.94. The molecule has 0 amide bonds. The number of Topliss-reactive ketones (excluding diaryl/α,β-unsaturated/α-hetero) is 1. The molecule has 0 bridgehead atoms. The van der Waals surface area contributed by atoms with Gasteiger partial charge in [-0.05, 0) is 96.3 Å². The molecule has 0 radical (unpaired) electrons. The Balaban J connectivity index is 0. The monoisotopic (exact) mass is 1060 g/mol. The van der Waals surface area contributed by atoms with Crippen LogP contribution in [0.5, 0.6) is 0 Å². The zero-order valence-electron chi connectivity index (χ0n) is 48.4. The van der Waals surface area contributed by atoms with Gasteiger partial charge in [-0.2, -0.15) is 0 Å². The molecule has 440 valence electrons. The minimum absolute atomic E-state index is 0.0806. The number of aliphatic hydroxyl groups is 5. The Morgan fingerprint density at radius 2 is 0.640 bits per heavy atom. The van der Waals surface area contributed by atoms with Crippen molar-refractivity contribution in [2.24, 2.45) is 0 Å². The first-order chi connectivity index (χ1) is 36.6. The van der Waals surface area contributed by atoms with Crippen LogP contribution in [0.3, 0.4) is 0 Å². The van der Waals surface area contributed by atoms with Crippen molar-refractivity contribution in [1.29, 1.82) is 0 Å². The van der Waals surface area contributed by atoms with E-state index in [1.807, 2.05) is 0 Å². The highest BCUT2D eigenvalue weighted by Gasteiger charge is 2.29. The molecule has 0 fully saturated rings. The number of esters is 3. The molecule has 0 spiro atoms. The topological polar surface area (TPSA) is 197 Å². The molecule has 0 aromatic carbocycles. The van der Waals surface area contributed by atoms with Crippen molar-refractivity contribution in [3.8, 4) is 0 Å². The van der Waals surface area contributed by atoms with Gasteiger partial charge in [0, 0.05) is 19.3 Å². The van der Waals surface area contributed by atoms with E-state index in [4.69, 9.17) is 39.7 Å². The summed E-state index contributed by atoms with van der Waals surface area (Å²) in [5.74, 6) is -1.90. The van der Waals surface area contributed by atoms with Crippen LogP contribution in [0, 0.1) is 0 Å². The van der Waals surface area contributed by atoms with Crippen LogP contribution >= 0.6 is 0 Å². The van der Waals surface area contributed by atoms with Crippen LogP contribution in [0.2, 0.25) is 0 Å². The van der Waals surface area contributed by atoms with E-state index in [1.54, 1.807) is 0 Å². The lowest BCUT2D eigenvalue weighted by molar-refractivity contribution is -0.167. The third-order valence-corrected chi connectivity index (χ3v) is 13.5. The Kier molecular flexibility index (Phi) is 59.7. The largest absolute Gasteiger partial charge is 0.462 e. The summed E-state index contributed by atoms with van der Waals surface area (Å²) in [5.41, 5.74) is 0. The first-order valence-corrected chi connectivity index (χ1v) is 30.8. The first-order valence-electron chi connectivity index (χ1n) is 30.8. The van der Waals surface area contributed by atoms with Crippen LogP contribution in [-0.2, 0) is 33.4 Å². The van der Waals surface area contributed by atoms with Gasteiger partial charge in [-0.1, -0.05) is 211 Å². The Morgan fingerprint density at radius 3 is 0.920 bits per heavy atom. The Hall–Kier alpha value is -2.90. The maximum absolute atomic E-state index is 12.8. The highest BCUT2D eigenvalue weighted by atomic mass is 16.6. The number of ether oxygens (including phenoxy) is 3. The molecule has 0 aliphatic heterocycles. The van der Waals surface area contributed by atoms with Crippen LogP contribution < -0.4 is 0 Å². The van der Waals surface area contributed by atoms with E-state index in [0.29, 0.717) is 19.3 Å². The summed E-state index contributed by atoms with van der Waals surface area (Å²) in [6, 6.07) is 0. The molecule has 0 aromatic heterocycles. The summed E-state index contributed by atoms with van der Waals surface area (Å²) in [7, 11) is 0. The quantitative estimate of drug-likeness (QED) is 0.0168. The van der Waals surface area contributed by atoms with Gasteiger partial charge in [0.1, 0.15) is 38.1 Å². The molecule has 75 heavy (non-hydrogen) atoms. The maximum Gasteiger partial charge on any atom is 0.306 e. The number of carbonyl (C=O) groups is 4. The van der Waals surface area contributed by atoms with Crippen molar-refractivity contribution in [2.45, 2.75) is 315 Å². The molecule has 3 atom stereocenters. The van der Waals surface area contributed by atoms with Crippen LogP contribution in [0.25, 0.3) is 0 Å². The first kappa shape index (κ1) is 74.2. The van der Waals surface area contributed by atoms with E-state index in [-0.39, 0.29) is 31.1 Å². The van der Waals surface area contributed by atoms with Gasteiger partial charge >= 0.3 is 17.9 Å². The minimum atomic E-state index is -1.86. The van der Waals surface area contributed by atoms with Crippen molar-refractivity contribution in [1.82, 2.24) is 0 Å². The van der Waals surface area contributed by atoms with E-state index in [2.05, 4.69) is 57.2 Å². The average Bonchev–Trinajstić information content (AvgIpc) is 3.41. The number of carbonyl (C=O) groups excluding carboxylic acids is 4. The molecule has 12 heteroatoms. The lowest BCUT2D eigenvalue weighted by Gasteiger charge is -2.19. The SMILES string of the molecule is CCCCCCCC/C=C\CCCCCCCC(=O)OCC(COC(=O)CCCCCCC/C=C\CCCCCCCC)OC(=O)CCCCCCC/C=C\CCCCCCCC.O=C(CO)C(O)C(O)C(O)CO. The number of rotatable bonds is 55. The zero-order valence-corrected chi connectivity index (χ0v) is 48.4. The van der Waals surface area contributed by atoms with Crippen LogP contribution in [-0.4, -0.2) is 100 Å². The zero-order chi connectivity index (χ0) is 55.5. The summed E-state index contributed by atoms with van der Waals surface area (Å²) in [6.07, 6.45) is 56.0. The molecule has 0 saturated heterocycles. The fourth-order valence-electron chi connectivity index (χ4n) is 8.50. The molecule has 0 aliphatic carbocycles. The number of aliphatic hydroxyl groups excluding tert-OH is 5. The fourth-order valence-corrected chi connectivity index (χ4v) is 8.50. The molecule has 5 N–H and O–H groups in total. The van der Waals surface area contributed by atoms with E-state index >= 15 is 0 Å². The third kappa shape index (κ3) is 55.7. The van der Waals surface area contributed by atoms with E-state index in [9.17, 15) is 19.2 Å². The van der Waals surface area contributed by atoms with Crippen molar-refractivity contribution in [3.05, 3.63) is 36.5 Å². The molecule has 0 aliphatic rings. The van der Waals surface area contributed by atoms with Crippen molar-refractivity contribution >= 4 is 23.7 Å². The number of hydrogen-bond acceptors (Lipinski definition) is 12. The predicted molar refractivity (Wildman–Crippen MR) is 307 cm³/mol. The smallest absolute Gasteiger partial charge is 0.306 e. The van der Waals surface area contributed by atoms with Gasteiger partial charge in [0.05, 0.1) is 6.61 Å². The number of unbranched alkanes of at least 4 members (excludes halogenated alkanes) is 33. The van der Waals surface area contributed by atoms with E-state index in [0.717, 1.165) is 77.0 Å². The normalized spacial score (nSPS) is 12.9. The third-order valence-electron chi connectivity index (χ3n) is 13.5. The van der Waals surface area contributed by atoms with Crippen molar-refractivity contribution < 1.29 is 58.9 Å². The Labute approximate surface area is 458 Å².